The van der Waals surface area contributed by atoms with Crippen LogP contribution >= 0.6 is 23.6 Å². The number of thiazole rings is 1. The molecule has 1 rings (SSSR count). The van der Waals surface area contributed by atoms with Gasteiger partial charge >= 0.3 is 0 Å². The number of aliphatic hydroxyl groups excluding tert-OH is 1. The van der Waals surface area contributed by atoms with Gasteiger partial charge in [-0.15, -0.1) is 11.3 Å². The SMILES string of the molecule is CCC(CC)(CCO)CNC(=O)Cc1sc(=S)[nH]c1C. The Morgan fingerprint density at radius 1 is 1.45 bits per heavy atom. The lowest BCUT2D eigenvalue weighted by atomic mass is 9.79. The van der Waals surface area contributed by atoms with Gasteiger partial charge in [-0.2, -0.15) is 0 Å². The summed E-state index contributed by atoms with van der Waals surface area (Å²) in [6.07, 6.45) is 2.99. The maximum absolute atomic E-state index is 12.0. The lowest BCUT2D eigenvalue weighted by Crippen LogP contribution is -2.38. The molecule has 6 heteroatoms. The summed E-state index contributed by atoms with van der Waals surface area (Å²) in [6, 6.07) is 0. The third kappa shape index (κ3) is 4.68. The van der Waals surface area contributed by atoms with Crippen LogP contribution < -0.4 is 5.32 Å². The van der Waals surface area contributed by atoms with Crippen molar-refractivity contribution in [3.8, 4) is 0 Å². The van der Waals surface area contributed by atoms with E-state index in [4.69, 9.17) is 12.2 Å². The molecule has 1 aromatic rings. The molecule has 0 unspecified atom stereocenters. The van der Waals surface area contributed by atoms with Gasteiger partial charge < -0.3 is 15.4 Å². The fourth-order valence-corrected chi connectivity index (χ4v) is 3.57. The first-order valence-electron chi connectivity index (χ1n) is 7.02. The second kappa shape index (κ2) is 7.90. The van der Waals surface area contributed by atoms with Crippen molar-refractivity contribution in [1.29, 1.82) is 0 Å². The van der Waals surface area contributed by atoms with Crippen molar-refractivity contribution in [3.63, 3.8) is 0 Å². The Morgan fingerprint density at radius 2 is 2.10 bits per heavy atom. The van der Waals surface area contributed by atoms with E-state index in [2.05, 4.69) is 24.1 Å². The Balaban J connectivity index is 2.58. The number of aryl methyl sites for hydroxylation is 1. The minimum absolute atomic E-state index is 0.00417. The second-order valence-corrected chi connectivity index (χ2v) is 6.97. The molecule has 3 N–H and O–H groups in total. The predicted molar refractivity (Wildman–Crippen MR) is 85.7 cm³/mol. The van der Waals surface area contributed by atoms with Gasteiger partial charge in [-0.25, -0.2) is 0 Å². The topological polar surface area (TPSA) is 65.1 Å². The molecule has 0 atom stereocenters. The smallest absolute Gasteiger partial charge is 0.225 e. The lowest BCUT2D eigenvalue weighted by Gasteiger charge is -2.31. The number of aromatic amines is 1. The zero-order valence-corrected chi connectivity index (χ0v) is 14.0. The molecular formula is C14H24N2O2S2. The van der Waals surface area contributed by atoms with Crippen molar-refractivity contribution in [1.82, 2.24) is 10.3 Å². The largest absolute Gasteiger partial charge is 0.396 e. The van der Waals surface area contributed by atoms with Gasteiger partial charge in [0.1, 0.15) is 0 Å². The number of hydrogen-bond donors (Lipinski definition) is 3. The van der Waals surface area contributed by atoms with Crippen molar-refractivity contribution >= 4 is 29.5 Å². The molecule has 0 bridgehead atoms. The Kier molecular flexibility index (Phi) is 6.85. The number of amides is 1. The Bertz CT molecular complexity index is 490. The highest BCUT2D eigenvalue weighted by molar-refractivity contribution is 7.73. The average molecular weight is 316 g/mol. The van der Waals surface area contributed by atoms with Crippen LogP contribution in [0.2, 0.25) is 0 Å². The van der Waals surface area contributed by atoms with Crippen LogP contribution in [0.1, 0.15) is 43.7 Å². The average Bonchev–Trinajstić information content (AvgIpc) is 2.73. The zero-order chi connectivity index (χ0) is 15.2. The van der Waals surface area contributed by atoms with Crippen molar-refractivity contribution < 1.29 is 9.90 Å². The van der Waals surface area contributed by atoms with E-state index in [1.807, 2.05) is 6.92 Å². The van der Waals surface area contributed by atoms with E-state index < -0.39 is 0 Å². The number of nitrogens with one attached hydrogen (secondary N) is 2. The van der Waals surface area contributed by atoms with Crippen LogP contribution in [0.3, 0.4) is 0 Å². The molecule has 0 fully saturated rings. The Hall–Kier alpha value is -0.720. The molecule has 1 amide bonds. The van der Waals surface area contributed by atoms with Crippen LogP contribution in [-0.2, 0) is 11.2 Å². The van der Waals surface area contributed by atoms with Gasteiger partial charge in [0.2, 0.25) is 5.91 Å². The third-order valence-corrected chi connectivity index (χ3v) is 5.38. The first-order chi connectivity index (χ1) is 9.46. The highest BCUT2D eigenvalue weighted by Crippen LogP contribution is 2.29. The summed E-state index contributed by atoms with van der Waals surface area (Å²) in [7, 11) is 0. The number of carbonyl (C=O) groups is 1. The number of carbonyl (C=O) groups excluding carboxylic acids is 1. The summed E-state index contributed by atoms with van der Waals surface area (Å²) < 4.78 is 0.710. The molecule has 0 aliphatic heterocycles. The summed E-state index contributed by atoms with van der Waals surface area (Å²) in [5, 5.41) is 12.2. The molecule has 0 aliphatic rings. The fraction of sp³-hybridized carbons (Fsp3) is 0.714. The maximum atomic E-state index is 12.0. The number of hydrogen-bond acceptors (Lipinski definition) is 4. The standard InChI is InChI=1S/C14H24N2O2S2/c1-4-14(5-2,6-7-17)9-15-12(18)8-11-10(3)16-13(19)20-11/h17H,4-9H2,1-3H3,(H,15,18)(H,16,19). The van der Waals surface area contributed by atoms with E-state index in [1.54, 1.807) is 0 Å². The molecule has 0 saturated carbocycles. The van der Waals surface area contributed by atoms with Gasteiger partial charge in [0.05, 0.1) is 6.42 Å². The molecule has 114 valence electrons. The third-order valence-electron chi connectivity index (χ3n) is 4.05. The molecule has 20 heavy (non-hydrogen) atoms. The number of aromatic nitrogens is 1. The van der Waals surface area contributed by atoms with E-state index in [-0.39, 0.29) is 17.9 Å². The quantitative estimate of drug-likeness (QED) is 0.646. The van der Waals surface area contributed by atoms with Gasteiger partial charge in [-0.1, -0.05) is 13.8 Å². The molecular weight excluding hydrogens is 292 g/mol. The zero-order valence-electron chi connectivity index (χ0n) is 12.4. The van der Waals surface area contributed by atoms with E-state index in [0.717, 1.165) is 29.8 Å². The summed E-state index contributed by atoms with van der Waals surface area (Å²) >= 11 is 6.53. The normalized spacial score (nSPS) is 11.6. The van der Waals surface area contributed by atoms with Gasteiger partial charge in [-0.05, 0) is 43.8 Å². The van der Waals surface area contributed by atoms with Crippen molar-refractivity contribution in [2.24, 2.45) is 5.41 Å². The molecule has 0 spiro atoms. The number of aliphatic hydroxyl groups is 1. The lowest BCUT2D eigenvalue weighted by molar-refractivity contribution is -0.121. The summed E-state index contributed by atoms with van der Waals surface area (Å²) in [4.78, 5) is 16.1. The van der Waals surface area contributed by atoms with Gasteiger partial charge in [-0.3, -0.25) is 4.79 Å². The van der Waals surface area contributed by atoms with Gasteiger partial charge in [0.25, 0.3) is 0 Å². The summed E-state index contributed by atoms with van der Waals surface area (Å²) in [5.41, 5.74) is 0.979. The number of H-pyrrole nitrogens is 1. The second-order valence-electron chi connectivity index (χ2n) is 5.20. The highest BCUT2D eigenvalue weighted by atomic mass is 32.1. The van der Waals surface area contributed by atoms with Crippen LogP contribution in [0.15, 0.2) is 0 Å². The fourth-order valence-electron chi connectivity index (χ4n) is 2.28. The number of rotatable bonds is 8. The van der Waals surface area contributed by atoms with Gasteiger partial charge in [0, 0.05) is 23.7 Å². The van der Waals surface area contributed by atoms with Crippen LogP contribution in [-0.4, -0.2) is 29.1 Å². The van der Waals surface area contributed by atoms with E-state index in [0.29, 0.717) is 16.9 Å². The van der Waals surface area contributed by atoms with Crippen molar-refractivity contribution in [2.75, 3.05) is 13.2 Å². The Morgan fingerprint density at radius 3 is 2.55 bits per heavy atom. The first-order valence-corrected chi connectivity index (χ1v) is 8.25. The summed E-state index contributed by atoms with van der Waals surface area (Å²) in [5.74, 6) is 0.0163. The van der Waals surface area contributed by atoms with Crippen molar-refractivity contribution in [2.45, 2.75) is 46.5 Å². The monoisotopic (exact) mass is 316 g/mol. The van der Waals surface area contributed by atoms with Crippen LogP contribution in [0.25, 0.3) is 0 Å². The minimum Gasteiger partial charge on any atom is -0.396 e. The predicted octanol–water partition coefficient (Wildman–Crippen LogP) is 2.96. The highest BCUT2D eigenvalue weighted by Gasteiger charge is 2.26. The van der Waals surface area contributed by atoms with E-state index >= 15 is 0 Å². The minimum atomic E-state index is 0.00417. The van der Waals surface area contributed by atoms with Crippen LogP contribution in [0, 0.1) is 16.3 Å². The molecule has 0 radical (unpaired) electrons. The summed E-state index contributed by atoms with van der Waals surface area (Å²) in [6.45, 7) is 6.92. The molecule has 4 nitrogen and oxygen atoms in total. The van der Waals surface area contributed by atoms with Crippen LogP contribution in [0.4, 0.5) is 0 Å². The molecule has 0 aromatic carbocycles. The van der Waals surface area contributed by atoms with Crippen molar-refractivity contribution in [3.05, 3.63) is 14.5 Å². The Labute approximate surface area is 129 Å². The van der Waals surface area contributed by atoms with E-state index in [1.165, 1.54) is 11.3 Å². The van der Waals surface area contributed by atoms with Gasteiger partial charge in [0.15, 0.2) is 3.95 Å². The molecule has 1 heterocycles. The van der Waals surface area contributed by atoms with E-state index in [9.17, 15) is 9.90 Å². The molecule has 0 saturated heterocycles. The molecule has 0 aliphatic carbocycles. The molecule has 1 aromatic heterocycles. The first kappa shape index (κ1) is 17.3. The maximum Gasteiger partial charge on any atom is 0.225 e. The van der Waals surface area contributed by atoms with Crippen LogP contribution in [0.5, 0.6) is 0 Å².